The van der Waals surface area contributed by atoms with Gasteiger partial charge in [-0.25, -0.2) is 4.79 Å². The van der Waals surface area contributed by atoms with Gasteiger partial charge in [-0.1, -0.05) is 18.2 Å². The lowest BCUT2D eigenvalue weighted by atomic mass is 9.88. The molecule has 1 saturated heterocycles. The number of carbonyl (C=O) groups is 1. The second kappa shape index (κ2) is 6.69. The van der Waals surface area contributed by atoms with Crippen LogP contribution in [-0.4, -0.2) is 51.9 Å². The van der Waals surface area contributed by atoms with Crippen LogP contribution in [0.5, 0.6) is 0 Å². The van der Waals surface area contributed by atoms with Crippen molar-refractivity contribution in [3.8, 4) is 0 Å². The number of ether oxygens (including phenoxy) is 1. The van der Waals surface area contributed by atoms with E-state index in [0.717, 1.165) is 16.5 Å². The van der Waals surface area contributed by atoms with E-state index in [1.165, 1.54) is 0 Å². The average molecular weight is 345 g/mol. The standard InChI is InChI=1S/C19H27N3O3/c1-19(2,3)25-18(24)22-9-8-16(23)17(22)13(10-20)14-11-21-15-7-5-4-6-12(14)15/h4-7,11,13,16-17,21,23H,8-10,20H2,1-3H3/t13-,16-,17+/m0/s1. The van der Waals surface area contributed by atoms with E-state index in [1.807, 2.05) is 51.2 Å². The van der Waals surface area contributed by atoms with Crippen molar-refractivity contribution in [1.82, 2.24) is 9.88 Å². The van der Waals surface area contributed by atoms with Crippen molar-refractivity contribution < 1.29 is 14.6 Å². The first kappa shape index (κ1) is 17.8. The molecule has 2 heterocycles. The van der Waals surface area contributed by atoms with Crippen molar-refractivity contribution in [2.45, 2.75) is 50.9 Å². The third-order valence-electron chi connectivity index (χ3n) is 4.73. The van der Waals surface area contributed by atoms with E-state index >= 15 is 0 Å². The van der Waals surface area contributed by atoms with Crippen LogP contribution in [0, 0.1) is 0 Å². The fourth-order valence-electron chi connectivity index (χ4n) is 3.67. The fraction of sp³-hybridized carbons (Fsp3) is 0.526. The maximum Gasteiger partial charge on any atom is 0.410 e. The number of hydrogen-bond donors (Lipinski definition) is 3. The molecule has 2 aromatic rings. The molecule has 1 aliphatic rings. The molecule has 0 bridgehead atoms. The molecule has 1 aliphatic heterocycles. The first-order chi connectivity index (χ1) is 11.8. The topological polar surface area (TPSA) is 91.6 Å². The number of amides is 1. The molecule has 3 rings (SSSR count). The SMILES string of the molecule is CC(C)(C)OC(=O)N1CC[C@H](O)[C@H]1[C@@H](CN)c1c[nH]c2ccccc12. The summed E-state index contributed by atoms with van der Waals surface area (Å²) in [6.45, 7) is 6.33. The molecule has 1 aromatic heterocycles. The summed E-state index contributed by atoms with van der Waals surface area (Å²) in [5.41, 5.74) is 7.55. The van der Waals surface area contributed by atoms with Crippen LogP contribution in [0.1, 0.15) is 38.7 Å². The van der Waals surface area contributed by atoms with Gasteiger partial charge >= 0.3 is 6.09 Å². The number of likely N-dealkylation sites (tertiary alicyclic amines) is 1. The van der Waals surface area contributed by atoms with E-state index in [0.29, 0.717) is 19.5 Å². The van der Waals surface area contributed by atoms with Crippen LogP contribution in [-0.2, 0) is 4.74 Å². The Bertz CT molecular complexity index is 750. The number of aliphatic hydroxyl groups excluding tert-OH is 1. The van der Waals surface area contributed by atoms with E-state index in [2.05, 4.69) is 4.98 Å². The Balaban J connectivity index is 1.93. The number of aromatic nitrogens is 1. The number of nitrogens with zero attached hydrogens (tertiary/aromatic N) is 1. The Labute approximate surface area is 147 Å². The fourth-order valence-corrected chi connectivity index (χ4v) is 3.67. The highest BCUT2D eigenvalue weighted by atomic mass is 16.6. The van der Waals surface area contributed by atoms with Gasteiger partial charge in [-0.3, -0.25) is 0 Å². The summed E-state index contributed by atoms with van der Waals surface area (Å²) in [5.74, 6) is -0.166. The van der Waals surface area contributed by atoms with Crippen LogP contribution in [0.4, 0.5) is 4.79 Å². The zero-order valence-corrected chi connectivity index (χ0v) is 15.0. The number of para-hydroxylation sites is 1. The zero-order chi connectivity index (χ0) is 18.2. The Morgan fingerprint density at radius 3 is 2.84 bits per heavy atom. The van der Waals surface area contributed by atoms with Crippen molar-refractivity contribution in [2.24, 2.45) is 5.73 Å². The number of fused-ring (bicyclic) bond motifs is 1. The molecule has 1 aromatic carbocycles. The summed E-state index contributed by atoms with van der Waals surface area (Å²) in [5, 5.41) is 11.6. The maximum absolute atomic E-state index is 12.6. The maximum atomic E-state index is 12.6. The molecule has 6 heteroatoms. The zero-order valence-electron chi connectivity index (χ0n) is 15.0. The van der Waals surface area contributed by atoms with Crippen LogP contribution in [0.2, 0.25) is 0 Å². The lowest BCUT2D eigenvalue weighted by molar-refractivity contribution is 0.0121. The molecule has 0 aliphatic carbocycles. The predicted octanol–water partition coefficient (Wildman–Crippen LogP) is 2.58. The van der Waals surface area contributed by atoms with Crippen molar-refractivity contribution in [3.63, 3.8) is 0 Å². The molecule has 1 fully saturated rings. The van der Waals surface area contributed by atoms with Gasteiger partial charge in [0, 0.05) is 36.1 Å². The molecule has 0 spiro atoms. The number of H-pyrrole nitrogens is 1. The minimum Gasteiger partial charge on any atom is -0.444 e. The summed E-state index contributed by atoms with van der Waals surface area (Å²) in [6.07, 6.45) is 1.45. The Morgan fingerprint density at radius 1 is 1.44 bits per heavy atom. The minimum absolute atomic E-state index is 0.166. The highest BCUT2D eigenvalue weighted by Crippen LogP contribution is 2.35. The predicted molar refractivity (Wildman–Crippen MR) is 97.4 cm³/mol. The third-order valence-corrected chi connectivity index (χ3v) is 4.73. The molecular weight excluding hydrogens is 318 g/mol. The van der Waals surface area contributed by atoms with Gasteiger partial charge in [-0.15, -0.1) is 0 Å². The summed E-state index contributed by atoms with van der Waals surface area (Å²) < 4.78 is 5.53. The normalized spacial score (nSPS) is 22.4. The molecule has 1 amide bonds. The van der Waals surface area contributed by atoms with E-state index in [4.69, 9.17) is 10.5 Å². The molecule has 6 nitrogen and oxygen atoms in total. The van der Waals surface area contributed by atoms with E-state index in [1.54, 1.807) is 4.90 Å². The molecule has 0 saturated carbocycles. The Hall–Kier alpha value is -2.05. The van der Waals surface area contributed by atoms with Gasteiger partial charge in [0.15, 0.2) is 0 Å². The number of aromatic amines is 1. The van der Waals surface area contributed by atoms with E-state index in [-0.39, 0.29) is 12.0 Å². The Morgan fingerprint density at radius 2 is 2.16 bits per heavy atom. The lowest BCUT2D eigenvalue weighted by Crippen LogP contribution is -2.47. The van der Waals surface area contributed by atoms with Crippen LogP contribution in [0.25, 0.3) is 10.9 Å². The summed E-state index contributed by atoms with van der Waals surface area (Å²) >= 11 is 0. The van der Waals surface area contributed by atoms with Gasteiger partial charge in [-0.05, 0) is 38.8 Å². The number of hydrogen-bond acceptors (Lipinski definition) is 4. The number of nitrogens with one attached hydrogen (secondary N) is 1. The number of benzene rings is 1. The molecule has 0 unspecified atom stereocenters. The molecule has 25 heavy (non-hydrogen) atoms. The highest BCUT2D eigenvalue weighted by molar-refractivity contribution is 5.84. The summed E-state index contributed by atoms with van der Waals surface area (Å²) in [6, 6.07) is 7.59. The second-order valence-corrected chi connectivity index (χ2v) is 7.65. The van der Waals surface area contributed by atoms with Crippen molar-refractivity contribution in [3.05, 3.63) is 36.0 Å². The van der Waals surface area contributed by atoms with E-state index in [9.17, 15) is 9.90 Å². The van der Waals surface area contributed by atoms with Crippen LogP contribution in [0.15, 0.2) is 30.5 Å². The van der Waals surface area contributed by atoms with Gasteiger partial charge < -0.3 is 25.5 Å². The minimum atomic E-state index is -0.616. The molecule has 3 atom stereocenters. The molecular formula is C19H27N3O3. The van der Waals surface area contributed by atoms with Gasteiger partial charge in [0.05, 0.1) is 12.1 Å². The smallest absolute Gasteiger partial charge is 0.410 e. The highest BCUT2D eigenvalue weighted by Gasteiger charge is 2.43. The monoisotopic (exact) mass is 345 g/mol. The quantitative estimate of drug-likeness (QED) is 0.797. The lowest BCUT2D eigenvalue weighted by Gasteiger charge is -2.34. The Kier molecular flexibility index (Phi) is 4.75. The van der Waals surface area contributed by atoms with Crippen molar-refractivity contribution in [1.29, 1.82) is 0 Å². The van der Waals surface area contributed by atoms with Gasteiger partial charge in [-0.2, -0.15) is 0 Å². The first-order valence-corrected chi connectivity index (χ1v) is 8.75. The van der Waals surface area contributed by atoms with Crippen LogP contribution >= 0.6 is 0 Å². The first-order valence-electron chi connectivity index (χ1n) is 8.75. The number of rotatable bonds is 3. The largest absolute Gasteiger partial charge is 0.444 e. The summed E-state index contributed by atoms with van der Waals surface area (Å²) in [4.78, 5) is 17.5. The molecule has 136 valence electrons. The second-order valence-electron chi connectivity index (χ2n) is 7.65. The molecule has 4 N–H and O–H groups in total. The molecule has 0 radical (unpaired) electrons. The third kappa shape index (κ3) is 3.50. The average Bonchev–Trinajstić information content (AvgIpc) is 3.12. The number of carbonyl (C=O) groups excluding carboxylic acids is 1. The van der Waals surface area contributed by atoms with Crippen molar-refractivity contribution >= 4 is 17.0 Å². The van der Waals surface area contributed by atoms with Gasteiger partial charge in [0.2, 0.25) is 0 Å². The van der Waals surface area contributed by atoms with Crippen LogP contribution in [0.3, 0.4) is 0 Å². The van der Waals surface area contributed by atoms with Gasteiger partial charge in [0.1, 0.15) is 5.60 Å². The number of aliphatic hydroxyl groups is 1. The van der Waals surface area contributed by atoms with E-state index < -0.39 is 17.8 Å². The number of nitrogens with two attached hydrogens (primary N) is 1. The summed E-state index contributed by atoms with van der Waals surface area (Å²) in [7, 11) is 0. The van der Waals surface area contributed by atoms with Gasteiger partial charge in [0.25, 0.3) is 0 Å². The van der Waals surface area contributed by atoms with Crippen molar-refractivity contribution in [2.75, 3.05) is 13.1 Å². The van der Waals surface area contributed by atoms with Crippen LogP contribution < -0.4 is 5.73 Å².